The third kappa shape index (κ3) is 0.487. The molecule has 0 spiro atoms. The number of hydroxylamine groups is 2. The second-order valence-corrected chi connectivity index (χ2v) is 4.15. The molecule has 1 N–H and O–H groups in total. The molecule has 0 amide bonds. The maximum atomic E-state index is 9.54. The Hall–Kier alpha value is -0.0800. The van der Waals surface area contributed by atoms with Gasteiger partial charge in [0.2, 0.25) is 0 Å². The molecule has 2 saturated carbocycles. The van der Waals surface area contributed by atoms with Gasteiger partial charge in [0, 0.05) is 12.1 Å². The monoisotopic (exact) mass is 139 g/mol. The first kappa shape index (κ1) is 5.56. The van der Waals surface area contributed by atoms with Crippen LogP contribution in [-0.4, -0.2) is 22.4 Å². The maximum Gasteiger partial charge on any atom is 0.0358 e. The second-order valence-electron chi connectivity index (χ2n) is 4.15. The molecule has 2 saturated heterocycles. The van der Waals surface area contributed by atoms with Crippen molar-refractivity contribution >= 4 is 0 Å². The van der Waals surface area contributed by atoms with Gasteiger partial charge in [0.05, 0.1) is 0 Å². The molecule has 56 valence electrons. The molecule has 0 unspecified atom stereocenters. The van der Waals surface area contributed by atoms with Crippen molar-refractivity contribution in [2.45, 2.75) is 37.8 Å². The van der Waals surface area contributed by atoms with Crippen LogP contribution in [0.15, 0.2) is 0 Å². The number of hydrogen-bond donors (Lipinski definition) is 1. The van der Waals surface area contributed by atoms with E-state index in [-0.39, 0.29) is 0 Å². The summed E-state index contributed by atoms with van der Waals surface area (Å²) in [6.07, 6.45) is 5.10. The Morgan fingerprint density at radius 3 is 1.70 bits per heavy atom. The van der Waals surface area contributed by atoms with Gasteiger partial charge >= 0.3 is 0 Å². The third-order valence-electron chi connectivity index (χ3n) is 3.71. The number of hydrogen-bond acceptors (Lipinski definition) is 2. The highest BCUT2D eigenvalue weighted by molar-refractivity contribution is 5.02. The second kappa shape index (κ2) is 1.56. The first-order valence-electron chi connectivity index (χ1n) is 4.32. The largest absolute Gasteiger partial charge is 0.313 e. The lowest BCUT2D eigenvalue weighted by Gasteiger charge is -2.34. The van der Waals surface area contributed by atoms with Crippen molar-refractivity contribution in [1.29, 1.82) is 0 Å². The van der Waals surface area contributed by atoms with E-state index in [4.69, 9.17) is 0 Å². The fourth-order valence-electron chi connectivity index (χ4n) is 3.28. The molecule has 10 heavy (non-hydrogen) atoms. The normalized spacial score (nSPS) is 58.5. The fourth-order valence-corrected chi connectivity index (χ4v) is 3.28. The first-order chi connectivity index (χ1) is 4.84. The minimum absolute atomic E-state index is 0.544. The molecule has 0 aromatic carbocycles. The third-order valence-corrected chi connectivity index (χ3v) is 3.71. The summed E-state index contributed by atoms with van der Waals surface area (Å²) in [5.41, 5.74) is 0. The molecule has 2 nitrogen and oxygen atoms in total. The highest BCUT2D eigenvalue weighted by Gasteiger charge is 2.51. The Balaban J connectivity index is 1.98. The standard InChI is InChI=1S/C8H13NO/c10-9-7-1-5-2-8(9)4-6(5)3-7/h5-8,10H,1-4H2. The van der Waals surface area contributed by atoms with Crippen LogP contribution in [0.25, 0.3) is 0 Å². The van der Waals surface area contributed by atoms with E-state index in [1.165, 1.54) is 25.7 Å². The van der Waals surface area contributed by atoms with Crippen molar-refractivity contribution in [1.82, 2.24) is 5.06 Å². The molecule has 2 aliphatic carbocycles. The minimum Gasteiger partial charge on any atom is -0.313 e. The van der Waals surface area contributed by atoms with E-state index in [0.717, 1.165) is 11.8 Å². The van der Waals surface area contributed by atoms with Crippen molar-refractivity contribution < 1.29 is 5.21 Å². The number of rotatable bonds is 0. The van der Waals surface area contributed by atoms with Gasteiger partial charge in [-0.2, -0.15) is 5.06 Å². The van der Waals surface area contributed by atoms with Crippen LogP contribution >= 0.6 is 0 Å². The summed E-state index contributed by atoms with van der Waals surface area (Å²) in [6, 6.07) is 1.09. The van der Waals surface area contributed by atoms with Gasteiger partial charge in [-0.1, -0.05) is 0 Å². The Kier molecular flexibility index (Phi) is 0.868. The molecule has 2 aliphatic heterocycles. The Morgan fingerprint density at radius 1 is 0.900 bits per heavy atom. The zero-order valence-corrected chi connectivity index (χ0v) is 6.03. The molecule has 2 heteroatoms. The van der Waals surface area contributed by atoms with Gasteiger partial charge in [-0.25, -0.2) is 0 Å². The Bertz CT molecular complexity index is 141. The van der Waals surface area contributed by atoms with E-state index in [2.05, 4.69) is 0 Å². The van der Waals surface area contributed by atoms with E-state index in [0.29, 0.717) is 12.1 Å². The van der Waals surface area contributed by atoms with Crippen LogP contribution in [0.1, 0.15) is 25.7 Å². The number of nitrogens with zero attached hydrogens (tertiary/aromatic N) is 1. The Labute approximate surface area is 60.8 Å². The van der Waals surface area contributed by atoms with Gasteiger partial charge in [0.15, 0.2) is 0 Å². The zero-order valence-electron chi connectivity index (χ0n) is 6.03. The maximum absolute atomic E-state index is 9.54. The lowest BCUT2D eigenvalue weighted by molar-refractivity contribution is -0.176. The molecule has 0 aromatic heterocycles. The van der Waals surface area contributed by atoms with Crippen molar-refractivity contribution in [3.05, 3.63) is 0 Å². The van der Waals surface area contributed by atoms with E-state index in [1.807, 2.05) is 0 Å². The van der Waals surface area contributed by atoms with Crippen LogP contribution in [0.4, 0.5) is 0 Å². The van der Waals surface area contributed by atoms with Crippen molar-refractivity contribution in [2.24, 2.45) is 11.8 Å². The SMILES string of the molecule is ON1C2CC3CC1CC3C2. The highest BCUT2D eigenvalue weighted by Crippen LogP contribution is 2.52. The van der Waals surface area contributed by atoms with Gasteiger partial charge in [-0.3, -0.25) is 0 Å². The summed E-state index contributed by atoms with van der Waals surface area (Å²) < 4.78 is 0. The average Bonchev–Trinajstić information content (AvgIpc) is 2.33. The van der Waals surface area contributed by atoms with Gasteiger partial charge in [-0.15, -0.1) is 0 Å². The molecule has 4 bridgehead atoms. The molecular weight excluding hydrogens is 126 g/mol. The predicted molar refractivity (Wildman–Crippen MR) is 36.6 cm³/mol. The van der Waals surface area contributed by atoms with Crippen LogP contribution in [0.5, 0.6) is 0 Å². The number of piperidine rings is 2. The van der Waals surface area contributed by atoms with Crippen molar-refractivity contribution in [3.63, 3.8) is 0 Å². The van der Waals surface area contributed by atoms with Crippen molar-refractivity contribution in [3.8, 4) is 0 Å². The molecular formula is C8H13NO. The molecule has 0 radical (unpaired) electrons. The van der Waals surface area contributed by atoms with Crippen LogP contribution in [-0.2, 0) is 0 Å². The molecule has 2 heterocycles. The van der Waals surface area contributed by atoms with Gasteiger partial charge in [-0.05, 0) is 37.5 Å². The summed E-state index contributed by atoms with van der Waals surface area (Å²) in [7, 11) is 0. The predicted octanol–water partition coefficient (Wildman–Crippen LogP) is 1.25. The van der Waals surface area contributed by atoms with E-state index in [9.17, 15) is 5.21 Å². The van der Waals surface area contributed by atoms with Crippen molar-refractivity contribution in [2.75, 3.05) is 0 Å². The molecule has 4 aliphatic rings. The van der Waals surface area contributed by atoms with Gasteiger partial charge in [0.25, 0.3) is 0 Å². The average molecular weight is 139 g/mol. The summed E-state index contributed by atoms with van der Waals surface area (Å²) in [4.78, 5) is 0. The molecule has 0 atom stereocenters. The molecule has 4 fully saturated rings. The lowest BCUT2D eigenvalue weighted by Crippen LogP contribution is -2.43. The van der Waals surface area contributed by atoms with Gasteiger partial charge < -0.3 is 5.21 Å². The fraction of sp³-hybridized carbons (Fsp3) is 1.00. The van der Waals surface area contributed by atoms with Crippen LogP contribution in [0.3, 0.4) is 0 Å². The summed E-state index contributed by atoms with van der Waals surface area (Å²) in [6.45, 7) is 0. The first-order valence-corrected chi connectivity index (χ1v) is 4.32. The van der Waals surface area contributed by atoms with Crippen LogP contribution in [0.2, 0.25) is 0 Å². The topological polar surface area (TPSA) is 23.5 Å². The minimum atomic E-state index is 0.544. The van der Waals surface area contributed by atoms with E-state index in [1.54, 1.807) is 5.06 Å². The van der Waals surface area contributed by atoms with E-state index >= 15 is 0 Å². The molecule has 4 rings (SSSR count). The zero-order chi connectivity index (χ0) is 6.72. The van der Waals surface area contributed by atoms with Crippen LogP contribution < -0.4 is 0 Å². The molecule has 0 aromatic rings. The quantitative estimate of drug-likeness (QED) is 0.546. The lowest BCUT2D eigenvalue weighted by atomic mass is 10.0. The summed E-state index contributed by atoms with van der Waals surface area (Å²) in [5, 5.41) is 11.2. The van der Waals surface area contributed by atoms with Crippen LogP contribution in [0, 0.1) is 11.8 Å². The highest BCUT2D eigenvalue weighted by atomic mass is 16.5. The van der Waals surface area contributed by atoms with Gasteiger partial charge in [0.1, 0.15) is 0 Å². The van der Waals surface area contributed by atoms with E-state index < -0.39 is 0 Å². The Morgan fingerprint density at radius 2 is 1.30 bits per heavy atom. The summed E-state index contributed by atoms with van der Waals surface area (Å²) >= 11 is 0. The smallest absolute Gasteiger partial charge is 0.0358 e. The summed E-state index contributed by atoms with van der Waals surface area (Å²) in [5.74, 6) is 1.97.